The average molecular weight is 270 g/mol. The third kappa shape index (κ3) is 3.40. The summed E-state index contributed by atoms with van der Waals surface area (Å²) in [7, 11) is 1.68. The molecule has 2 heteroatoms. The molecule has 0 saturated heterocycles. The van der Waals surface area contributed by atoms with E-state index in [1.54, 1.807) is 7.11 Å². The van der Waals surface area contributed by atoms with Gasteiger partial charge in [0.2, 0.25) is 0 Å². The summed E-state index contributed by atoms with van der Waals surface area (Å²) in [6, 6.07) is 14.6. The van der Waals surface area contributed by atoms with E-state index >= 15 is 0 Å². The highest BCUT2D eigenvalue weighted by molar-refractivity contribution is 5.38. The second-order valence-electron chi connectivity index (χ2n) is 5.30. The Balaban J connectivity index is 2.19. The van der Waals surface area contributed by atoms with Gasteiger partial charge in [-0.2, -0.15) is 0 Å². The van der Waals surface area contributed by atoms with Gasteiger partial charge < -0.3 is 9.84 Å². The molecule has 2 aromatic rings. The molecule has 1 atom stereocenters. The lowest BCUT2D eigenvalue weighted by molar-refractivity contribution is 0.264. The van der Waals surface area contributed by atoms with Crippen molar-refractivity contribution in [3.63, 3.8) is 0 Å². The number of ether oxygens (including phenoxy) is 1. The summed E-state index contributed by atoms with van der Waals surface area (Å²) in [5.74, 6) is 1.02. The molecular formula is C18H22O2. The minimum absolute atomic E-state index is 0.127. The van der Waals surface area contributed by atoms with Crippen molar-refractivity contribution in [2.75, 3.05) is 13.7 Å². The van der Waals surface area contributed by atoms with Crippen LogP contribution in [0, 0.1) is 13.8 Å². The van der Waals surface area contributed by atoms with Crippen LogP contribution in [0.1, 0.15) is 28.2 Å². The van der Waals surface area contributed by atoms with E-state index in [2.05, 4.69) is 37.3 Å². The normalized spacial score (nSPS) is 12.2. The Morgan fingerprint density at radius 1 is 1.05 bits per heavy atom. The van der Waals surface area contributed by atoms with Gasteiger partial charge in [0, 0.05) is 5.92 Å². The Morgan fingerprint density at radius 2 is 1.75 bits per heavy atom. The molecule has 0 heterocycles. The number of methoxy groups -OCH3 is 1. The first-order chi connectivity index (χ1) is 9.63. The number of aryl methyl sites for hydroxylation is 2. The molecular weight excluding hydrogens is 248 g/mol. The Morgan fingerprint density at radius 3 is 2.30 bits per heavy atom. The van der Waals surface area contributed by atoms with Crippen molar-refractivity contribution in [1.82, 2.24) is 0 Å². The van der Waals surface area contributed by atoms with Crippen LogP contribution in [0.5, 0.6) is 5.75 Å². The number of aliphatic hydroxyl groups excluding tert-OH is 1. The van der Waals surface area contributed by atoms with Gasteiger partial charge in [-0.05, 0) is 43.0 Å². The zero-order valence-corrected chi connectivity index (χ0v) is 12.4. The maximum atomic E-state index is 9.68. The second-order valence-corrected chi connectivity index (χ2v) is 5.30. The zero-order chi connectivity index (χ0) is 14.5. The number of hydrogen-bond donors (Lipinski definition) is 1. The summed E-state index contributed by atoms with van der Waals surface area (Å²) in [5, 5.41) is 9.68. The van der Waals surface area contributed by atoms with Gasteiger partial charge in [0.05, 0.1) is 13.7 Å². The highest BCUT2D eigenvalue weighted by atomic mass is 16.5. The number of rotatable bonds is 5. The first-order valence-corrected chi connectivity index (χ1v) is 6.95. The first-order valence-electron chi connectivity index (χ1n) is 6.95. The van der Waals surface area contributed by atoms with E-state index in [1.807, 2.05) is 19.1 Å². The number of aliphatic hydroxyl groups is 1. The van der Waals surface area contributed by atoms with E-state index in [1.165, 1.54) is 11.1 Å². The lowest BCUT2D eigenvalue weighted by Gasteiger charge is -2.16. The van der Waals surface area contributed by atoms with E-state index in [4.69, 9.17) is 4.74 Å². The maximum Gasteiger partial charge on any atom is 0.121 e. The van der Waals surface area contributed by atoms with Crippen LogP contribution < -0.4 is 4.74 Å². The number of benzene rings is 2. The van der Waals surface area contributed by atoms with Gasteiger partial charge in [-0.3, -0.25) is 0 Å². The van der Waals surface area contributed by atoms with Crippen LogP contribution in [-0.4, -0.2) is 18.8 Å². The van der Waals surface area contributed by atoms with E-state index in [-0.39, 0.29) is 12.5 Å². The second kappa shape index (κ2) is 6.58. The Labute approximate surface area is 121 Å². The van der Waals surface area contributed by atoms with E-state index in [9.17, 15) is 5.11 Å². The topological polar surface area (TPSA) is 29.5 Å². The predicted molar refractivity (Wildman–Crippen MR) is 82.4 cm³/mol. The predicted octanol–water partition coefficient (Wildman–Crippen LogP) is 3.63. The van der Waals surface area contributed by atoms with Crippen molar-refractivity contribution >= 4 is 0 Å². The van der Waals surface area contributed by atoms with Crippen molar-refractivity contribution in [2.45, 2.75) is 26.2 Å². The molecule has 0 saturated carbocycles. The van der Waals surface area contributed by atoms with Gasteiger partial charge in [-0.1, -0.05) is 42.0 Å². The molecule has 0 aliphatic rings. The molecule has 0 fully saturated rings. The zero-order valence-electron chi connectivity index (χ0n) is 12.4. The van der Waals surface area contributed by atoms with Gasteiger partial charge in [0.15, 0.2) is 0 Å². The van der Waals surface area contributed by atoms with Crippen molar-refractivity contribution in [1.29, 1.82) is 0 Å². The Bertz CT molecular complexity index is 558. The Kier molecular flexibility index (Phi) is 4.80. The SMILES string of the molecule is COc1ccc(C(CO)Cc2ccc(C)cc2)cc1C. The van der Waals surface area contributed by atoms with Crippen molar-refractivity contribution < 1.29 is 9.84 Å². The molecule has 0 amide bonds. The summed E-state index contributed by atoms with van der Waals surface area (Å²) >= 11 is 0. The van der Waals surface area contributed by atoms with Crippen LogP contribution in [0.3, 0.4) is 0 Å². The van der Waals surface area contributed by atoms with Gasteiger partial charge in [0.1, 0.15) is 5.75 Å². The average Bonchev–Trinajstić information content (AvgIpc) is 2.46. The van der Waals surface area contributed by atoms with Crippen LogP contribution in [0.2, 0.25) is 0 Å². The highest BCUT2D eigenvalue weighted by Crippen LogP contribution is 2.26. The minimum Gasteiger partial charge on any atom is -0.496 e. The minimum atomic E-state index is 0.127. The quantitative estimate of drug-likeness (QED) is 0.899. The summed E-state index contributed by atoms with van der Waals surface area (Å²) in [6.07, 6.45) is 0.850. The fraction of sp³-hybridized carbons (Fsp3) is 0.333. The Hall–Kier alpha value is -1.80. The molecule has 0 aliphatic heterocycles. The molecule has 2 aromatic carbocycles. The molecule has 2 nitrogen and oxygen atoms in total. The van der Waals surface area contributed by atoms with Gasteiger partial charge >= 0.3 is 0 Å². The molecule has 0 aromatic heterocycles. The summed E-state index contributed by atoms with van der Waals surface area (Å²) in [4.78, 5) is 0. The summed E-state index contributed by atoms with van der Waals surface area (Å²) in [5.41, 5.74) is 4.77. The lowest BCUT2D eigenvalue weighted by atomic mass is 9.91. The molecule has 1 N–H and O–H groups in total. The third-order valence-corrected chi connectivity index (χ3v) is 3.71. The van der Waals surface area contributed by atoms with Crippen LogP contribution in [0.4, 0.5) is 0 Å². The fourth-order valence-corrected chi connectivity index (χ4v) is 2.45. The fourth-order valence-electron chi connectivity index (χ4n) is 2.45. The van der Waals surface area contributed by atoms with Crippen LogP contribution >= 0.6 is 0 Å². The maximum absolute atomic E-state index is 9.68. The smallest absolute Gasteiger partial charge is 0.121 e. The molecule has 0 spiro atoms. The van der Waals surface area contributed by atoms with Crippen molar-refractivity contribution in [3.8, 4) is 5.75 Å². The molecule has 1 unspecified atom stereocenters. The molecule has 0 radical (unpaired) electrons. The van der Waals surface area contributed by atoms with E-state index < -0.39 is 0 Å². The van der Waals surface area contributed by atoms with E-state index in [0.29, 0.717) is 0 Å². The van der Waals surface area contributed by atoms with Crippen molar-refractivity contribution in [3.05, 3.63) is 64.7 Å². The van der Waals surface area contributed by atoms with Gasteiger partial charge in [0.25, 0.3) is 0 Å². The molecule has 0 aliphatic carbocycles. The van der Waals surface area contributed by atoms with Crippen LogP contribution in [-0.2, 0) is 6.42 Å². The van der Waals surface area contributed by atoms with Gasteiger partial charge in [-0.25, -0.2) is 0 Å². The number of hydrogen-bond acceptors (Lipinski definition) is 2. The largest absolute Gasteiger partial charge is 0.496 e. The van der Waals surface area contributed by atoms with Crippen LogP contribution in [0.25, 0.3) is 0 Å². The van der Waals surface area contributed by atoms with Gasteiger partial charge in [-0.15, -0.1) is 0 Å². The van der Waals surface area contributed by atoms with Crippen molar-refractivity contribution in [2.24, 2.45) is 0 Å². The summed E-state index contributed by atoms with van der Waals surface area (Å²) in [6.45, 7) is 4.27. The first kappa shape index (κ1) is 14.6. The molecule has 0 bridgehead atoms. The van der Waals surface area contributed by atoms with E-state index in [0.717, 1.165) is 23.3 Å². The lowest BCUT2D eigenvalue weighted by Crippen LogP contribution is -2.08. The monoisotopic (exact) mass is 270 g/mol. The molecule has 106 valence electrons. The standard InChI is InChI=1S/C18H22O2/c1-13-4-6-15(7-5-13)11-17(12-19)16-8-9-18(20-3)14(2)10-16/h4-10,17,19H,11-12H2,1-3H3. The third-order valence-electron chi connectivity index (χ3n) is 3.71. The van der Waals surface area contributed by atoms with Crippen LogP contribution in [0.15, 0.2) is 42.5 Å². The highest BCUT2D eigenvalue weighted by Gasteiger charge is 2.13. The molecule has 20 heavy (non-hydrogen) atoms. The summed E-state index contributed by atoms with van der Waals surface area (Å²) < 4.78 is 5.28. The molecule has 2 rings (SSSR count).